The number of thiophene rings is 1. The number of nitrogens with zero attached hydrogens (tertiary/aromatic N) is 3. The molecule has 0 unspecified atom stereocenters. The molecule has 3 aromatic rings. The third-order valence-electron chi connectivity index (χ3n) is 6.20. The van der Waals surface area contributed by atoms with E-state index >= 15 is 0 Å². The second-order valence-corrected chi connectivity index (χ2v) is 9.79. The molecule has 0 saturated carbocycles. The Kier molecular flexibility index (Phi) is 5.35. The van der Waals surface area contributed by atoms with Crippen LogP contribution >= 0.6 is 22.9 Å². The van der Waals surface area contributed by atoms with Gasteiger partial charge in [-0.15, -0.1) is 11.3 Å². The molecule has 0 radical (unpaired) electrons. The molecular formula is C25H21ClN4O2S. The minimum Gasteiger partial charge on any atom is -0.308 e. The Morgan fingerprint density at radius 1 is 1.15 bits per heavy atom. The molecule has 1 aliphatic carbocycles. The van der Waals surface area contributed by atoms with Crippen molar-refractivity contribution in [1.29, 1.82) is 5.26 Å². The number of rotatable bonds is 3. The van der Waals surface area contributed by atoms with Crippen molar-refractivity contribution >= 4 is 46.6 Å². The first-order valence-electron chi connectivity index (χ1n) is 10.8. The van der Waals surface area contributed by atoms with Gasteiger partial charge in [-0.05, 0) is 87.1 Å². The first kappa shape index (κ1) is 21.5. The highest BCUT2D eigenvalue weighted by molar-refractivity contribution is 7.15. The fourth-order valence-electron chi connectivity index (χ4n) is 4.59. The van der Waals surface area contributed by atoms with Crippen molar-refractivity contribution < 1.29 is 9.59 Å². The zero-order valence-electron chi connectivity index (χ0n) is 18.2. The minimum atomic E-state index is -0.500. The van der Waals surface area contributed by atoms with Crippen LogP contribution in [0.2, 0.25) is 5.02 Å². The van der Waals surface area contributed by atoms with Crippen LogP contribution < -0.4 is 10.2 Å². The van der Waals surface area contributed by atoms with Gasteiger partial charge in [-0.1, -0.05) is 11.6 Å². The number of carbonyl (C=O) groups excluding carboxylic acids is 2. The molecule has 1 N–H and O–H groups in total. The quantitative estimate of drug-likeness (QED) is 0.391. The zero-order valence-corrected chi connectivity index (χ0v) is 19.8. The summed E-state index contributed by atoms with van der Waals surface area (Å²) in [6.45, 7) is 3.96. The third-order valence-corrected chi connectivity index (χ3v) is 7.73. The molecule has 5 rings (SSSR count). The standard InChI is InChI=1S/C25H21ClN4O2S/c1-14-11-16(12-21-23(31)30(25(32)28-21)18-9-7-17(26)8-10-18)15(2)29(14)24-20(13-27)19-5-3-4-6-22(19)33-24/h7-12H,3-6H2,1-2H3,(H,28,32)/b21-12+. The maximum absolute atomic E-state index is 13.0. The first-order valence-corrected chi connectivity index (χ1v) is 11.9. The smallest absolute Gasteiger partial charge is 0.308 e. The van der Waals surface area contributed by atoms with E-state index < -0.39 is 11.9 Å². The van der Waals surface area contributed by atoms with E-state index in [9.17, 15) is 14.9 Å². The van der Waals surface area contributed by atoms with Gasteiger partial charge in [0.1, 0.15) is 16.8 Å². The van der Waals surface area contributed by atoms with Gasteiger partial charge in [-0.25, -0.2) is 9.69 Å². The Labute approximate surface area is 200 Å². The molecule has 1 fully saturated rings. The van der Waals surface area contributed by atoms with E-state index in [2.05, 4.69) is 16.0 Å². The predicted molar refractivity (Wildman–Crippen MR) is 130 cm³/mol. The van der Waals surface area contributed by atoms with Crippen LogP contribution in [0.3, 0.4) is 0 Å². The van der Waals surface area contributed by atoms with Crippen LogP contribution in [0.5, 0.6) is 0 Å². The number of anilines is 1. The number of imide groups is 1. The van der Waals surface area contributed by atoms with Gasteiger partial charge in [0.25, 0.3) is 5.91 Å². The topological polar surface area (TPSA) is 78.1 Å². The number of amides is 3. The molecule has 166 valence electrons. The van der Waals surface area contributed by atoms with Gasteiger partial charge in [0.2, 0.25) is 0 Å². The number of halogens is 1. The van der Waals surface area contributed by atoms with E-state index in [-0.39, 0.29) is 5.70 Å². The number of aryl methyl sites for hydroxylation is 2. The maximum Gasteiger partial charge on any atom is 0.333 e. The van der Waals surface area contributed by atoms with Gasteiger partial charge in [-0.2, -0.15) is 5.26 Å². The lowest BCUT2D eigenvalue weighted by atomic mass is 9.96. The number of nitrogens with one attached hydrogen (secondary N) is 1. The Morgan fingerprint density at radius 2 is 1.88 bits per heavy atom. The minimum absolute atomic E-state index is 0.209. The van der Waals surface area contributed by atoms with Crippen LogP contribution in [0.1, 0.15) is 45.8 Å². The van der Waals surface area contributed by atoms with Gasteiger partial charge in [-0.3, -0.25) is 4.79 Å². The normalized spacial score (nSPS) is 16.8. The predicted octanol–water partition coefficient (Wildman–Crippen LogP) is 5.66. The average molecular weight is 477 g/mol. The largest absolute Gasteiger partial charge is 0.333 e. The molecule has 2 aromatic heterocycles. The van der Waals surface area contributed by atoms with Crippen molar-refractivity contribution in [3.63, 3.8) is 0 Å². The van der Waals surface area contributed by atoms with E-state index in [4.69, 9.17) is 11.6 Å². The number of fused-ring (bicyclic) bond motifs is 1. The van der Waals surface area contributed by atoms with E-state index in [0.717, 1.165) is 58.1 Å². The van der Waals surface area contributed by atoms with Crippen molar-refractivity contribution in [1.82, 2.24) is 9.88 Å². The summed E-state index contributed by atoms with van der Waals surface area (Å²) in [6.07, 6.45) is 5.95. The molecular weight excluding hydrogens is 456 g/mol. The maximum atomic E-state index is 13.0. The summed E-state index contributed by atoms with van der Waals surface area (Å²) < 4.78 is 2.09. The van der Waals surface area contributed by atoms with Crippen molar-refractivity contribution in [3.8, 4) is 11.1 Å². The lowest BCUT2D eigenvalue weighted by Gasteiger charge is -2.11. The molecule has 6 nitrogen and oxygen atoms in total. The number of benzene rings is 1. The third kappa shape index (κ3) is 3.56. The Balaban J connectivity index is 1.53. The van der Waals surface area contributed by atoms with Crippen molar-refractivity contribution in [3.05, 3.63) is 74.0 Å². The highest BCUT2D eigenvalue weighted by Crippen LogP contribution is 2.38. The summed E-state index contributed by atoms with van der Waals surface area (Å²) in [5.41, 5.74) is 5.33. The van der Waals surface area contributed by atoms with Gasteiger partial charge in [0.05, 0.1) is 11.3 Å². The molecule has 0 atom stereocenters. The summed E-state index contributed by atoms with van der Waals surface area (Å²) in [6, 6.07) is 10.5. The summed E-state index contributed by atoms with van der Waals surface area (Å²) in [7, 11) is 0. The SMILES string of the molecule is Cc1cc(/C=C2/NC(=O)N(c3ccc(Cl)cc3)C2=O)c(C)n1-c1sc2c(c1C#N)CCCC2. The van der Waals surface area contributed by atoms with Crippen LogP contribution in [0.25, 0.3) is 11.1 Å². The second-order valence-electron chi connectivity index (χ2n) is 8.27. The summed E-state index contributed by atoms with van der Waals surface area (Å²) >= 11 is 7.62. The number of urea groups is 1. The lowest BCUT2D eigenvalue weighted by Crippen LogP contribution is -2.30. The van der Waals surface area contributed by atoms with Gasteiger partial charge in [0, 0.05) is 21.3 Å². The molecule has 0 bridgehead atoms. The first-order chi connectivity index (χ1) is 15.9. The average Bonchev–Trinajstić information content (AvgIpc) is 3.39. The van der Waals surface area contributed by atoms with E-state index in [1.807, 2.05) is 19.9 Å². The molecule has 1 aromatic carbocycles. The van der Waals surface area contributed by atoms with Crippen LogP contribution in [-0.2, 0) is 17.6 Å². The molecule has 33 heavy (non-hydrogen) atoms. The lowest BCUT2D eigenvalue weighted by molar-refractivity contribution is -0.113. The number of nitriles is 1. The van der Waals surface area contributed by atoms with Gasteiger partial charge in [0.15, 0.2) is 0 Å². The molecule has 0 spiro atoms. The van der Waals surface area contributed by atoms with Gasteiger partial charge < -0.3 is 9.88 Å². The Bertz CT molecular complexity index is 1370. The van der Waals surface area contributed by atoms with Crippen LogP contribution in [-0.4, -0.2) is 16.5 Å². The van der Waals surface area contributed by atoms with Crippen molar-refractivity contribution in [2.75, 3.05) is 4.90 Å². The van der Waals surface area contributed by atoms with Crippen molar-refractivity contribution in [2.24, 2.45) is 0 Å². The molecule has 3 heterocycles. The van der Waals surface area contributed by atoms with Crippen LogP contribution in [0, 0.1) is 25.2 Å². The number of carbonyl (C=O) groups is 2. The molecule has 3 amide bonds. The highest BCUT2D eigenvalue weighted by Gasteiger charge is 2.35. The highest BCUT2D eigenvalue weighted by atomic mass is 35.5. The molecule has 2 aliphatic rings. The zero-order chi connectivity index (χ0) is 23.3. The van der Waals surface area contributed by atoms with Crippen LogP contribution in [0.4, 0.5) is 10.5 Å². The van der Waals surface area contributed by atoms with Gasteiger partial charge >= 0.3 is 6.03 Å². The second kappa shape index (κ2) is 8.22. The fourth-order valence-corrected chi connectivity index (χ4v) is 6.16. The van der Waals surface area contributed by atoms with E-state index in [0.29, 0.717) is 10.7 Å². The van der Waals surface area contributed by atoms with Crippen LogP contribution in [0.15, 0.2) is 36.0 Å². The number of hydrogen-bond acceptors (Lipinski definition) is 4. The molecule has 1 aliphatic heterocycles. The fraction of sp³-hybridized carbons (Fsp3) is 0.240. The number of hydrogen-bond donors (Lipinski definition) is 1. The monoisotopic (exact) mass is 476 g/mol. The summed E-state index contributed by atoms with van der Waals surface area (Å²) in [4.78, 5) is 27.9. The summed E-state index contributed by atoms with van der Waals surface area (Å²) in [5.74, 6) is -0.420. The Hall–Kier alpha value is -3.34. The van der Waals surface area contributed by atoms with E-state index in [1.54, 1.807) is 41.7 Å². The number of aromatic nitrogens is 1. The Morgan fingerprint density at radius 3 is 2.61 bits per heavy atom. The van der Waals surface area contributed by atoms with Crippen molar-refractivity contribution in [2.45, 2.75) is 39.5 Å². The van der Waals surface area contributed by atoms with E-state index in [1.165, 1.54) is 10.4 Å². The molecule has 1 saturated heterocycles. The summed E-state index contributed by atoms with van der Waals surface area (Å²) in [5, 5.41) is 14.0. The molecule has 8 heteroatoms.